The van der Waals surface area contributed by atoms with Gasteiger partial charge in [-0.25, -0.2) is 9.59 Å². The lowest BCUT2D eigenvalue weighted by Gasteiger charge is -2.36. The molecule has 0 saturated carbocycles. The van der Waals surface area contributed by atoms with Crippen LogP contribution in [0.25, 0.3) is 5.70 Å². The second-order valence-corrected chi connectivity index (χ2v) is 11.8. The van der Waals surface area contributed by atoms with Crippen molar-refractivity contribution in [1.29, 1.82) is 0 Å². The van der Waals surface area contributed by atoms with Crippen LogP contribution in [-0.4, -0.2) is 81.9 Å². The van der Waals surface area contributed by atoms with Gasteiger partial charge < -0.3 is 35.4 Å². The van der Waals surface area contributed by atoms with Crippen molar-refractivity contribution in [1.82, 2.24) is 26.4 Å². The largest absolute Gasteiger partial charge is 0.504 e. The Morgan fingerprint density at radius 1 is 0.896 bits per heavy atom. The molecule has 0 aliphatic rings. The summed E-state index contributed by atoms with van der Waals surface area (Å²) >= 11 is 0. The van der Waals surface area contributed by atoms with Crippen molar-refractivity contribution in [2.24, 2.45) is 11.8 Å². The summed E-state index contributed by atoms with van der Waals surface area (Å²) < 4.78 is 9.88. The number of hydrogen-bond donors (Lipinski definition) is 7. The van der Waals surface area contributed by atoms with Crippen molar-refractivity contribution in [2.45, 2.75) is 72.2 Å². The number of phenols is 2. The van der Waals surface area contributed by atoms with Crippen LogP contribution in [0.3, 0.4) is 0 Å². The predicted octanol–water partition coefficient (Wildman–Crippen LogP) is 3.38. The van der Waals surface area contributed by atoms with Crippen LogP contribution in [-0.2, 0) is 25.5 Å². The molecule has 7 N–H and O–H groups in total. The maximum atomic E-state index is 13.7. The van der Waals surface area contributed by atoms with E-state index >= 15 is 0 Å². The fourth-order valence-electron chi connectivity index (χ4n) is 4.62. The molecule has 2 aromatic carbocycles. The Morgan fingerprint density at radius 2 is 1.52 bits per heavy atom. The fraction of sp³-hybridized carbons (Fsp3) is 0.471. The van der Waals surface area contributed by atoms with Gasteiger partial charge in [0.15, 0.2) is 11.5 Å². The molecule has 2 rings (SSSR count). The number of phenolic OH excluding ortho intramolecular Hbond substituents is 2. The second kappa shape index (κ2) is 18.4. The highest BCUT2D eigenvalue weighted by molar-refractivity contribution is 5.89. The number of carbonyl (C=O) groups excluding carboxylic acids is 4. The lowest BCUT2D eigenvalue weighted by atomic mass is 9.97. The Labute approximate surface area is 281 Å². The van der Waals surface area contributed by atoms with Gasteiger partial charge in [0, 0.05) is 17.5 Å². The molecule has 4 amide bonds. The van der Waals surface area contributed by atoms with E-state index in [0.717, 1.165) is 5.56 Å². The third-order valence-electron chi connectivity index (χ3n) is 7.49. The lowest BCUT2D eigenvalue weighted by molar-refractivity contribution is -0.149. The van der Waals surface area contributed by atoms with Gasteiger partial charge in [-0.3, -0.25) is 25.3 Å². The Kier molecular flexibility index (Phi) is 15.0. The van der Waals surface area contributed by atoms with Gasteiger partial charge >= 0.3 is 12.2 Å². The maximum absolute atomic E-state index is 13.7. The SMILES string of the molecule is C=C(c1ccc(O)c(O)c1)N(C[C@H](CCc1ccccc1)NC(=O)[C@@](O)(NC(=O)OCC)C(C)C)NC(=O)[C@@H](NC(=O)OCC)C(C)C. The minimum Gasteiger partial charge on any atom is -0.504 e. The molecule has 3 atom stereocenters. The van der Waals surface area contributed by atoms with Gasteiger partial charge in [-0.15, -0.1) is 0 Å². The molecule has 0 aliphatic carbocycles. The van der Waals surface area contributed by atoms with Crippen molar-refractivity contribution >= 4 is 29.7 Å². The number of amides is 4. The van der Waals surface area contributed by atoms with Crippen molar-refractivity contribution in [3.63, 3.8) is 0 Å². The van der Waals surface area contributed by atoms with Crippen LogP contribution in [0.15, 0.2) is 55.1 Å². The van der Waals surface area contributed by atoms with E-state index in [2.05, 4.69) is 28.0 Å². The number of rotatable bonds is 17. The van der Waals surface area contributed by atoms with Crippen LogP contribution < -0.4 is 21.4 Å². The normalized spacial score (nSPS) is 13.4. The van der Waals surface area contributed by atoms with Crippen LogP contribution in [0.4, 0.5) is 9.59 Å². The first-order valence-electron chi connectivity index (χ1n) is 15.9. The molecule has 0 aliphatic heterocycles. The zero-order valence-corrected chi connectivity index (χ0v) is 28.4. The molecule has 14 nitrogen and oxygen atoms in total. The number of aryl methyl sites for hydroxylation is 1. The highest BCUT2D eigenvalue weighted by atomic mass is 16.6. The Balaban J connectivity index is 2.52. The van der Waals surface area contributed by atoms with Crippen LogP contribution in [0.5, 0.6) is 11.5 Å². The van der Waals surface area contributed by atoms with E-state index in [1.165, 1.54) is 23.2 Å². The molecule has 0 spiro atoms. The third kappa shape index (κ3) is 11.4. The molecular weight excluding hydrogens is 622 g/mol. The van der Waals surface area contributed by atoms with Crippen molar-refractivity contribution in [3.05, 3.63) is 66.2 Å². The number of aromatic hydroxyl groups is 2. The second-order valence-electron chi connectivity index (χ2n) is 11.8. The number of nitrogens with zero attached hydrogens (tertiary/aromatic N) is 1. The quantitative estimate of drug-likeness (QED) is 0.0743. The first-order valence-corrected chi connectivity index (χ1v) is 15.9. The molecule has 0 aromatic heterocycles. The number of aliphatic hydroxyl groups is 1. The number of carbonyl (C=O) groups is 4. The molecule has 0 unspecified atom stereocenters. The minimum absolute atomic E-state index is 0.0211. The molecule has 0 bridgehead atoms. The lowest BCUT2D eigenvalue weighted by Crippen LogP contribution is -2.64. The zero-order chi connectivity index (χ0) is 36.0. The molecule has 264 valence electrons. The first-order chi connectivity index (χ1) is 22.6. The number of benzene rings is 2. The van der Waals surface area contributed by atoms with Crippen LogP contribution in [0.1, 0.15) is 59.1 Å². The number of alkyl carbamates (subject to hydrolysis) is 2. The van der Waals surface area contributed by atoms with E-state index < -0.39 is 53.5 Å². The number of hydrazine groups is 1. The van der Waals surface area contributed by atoms with Crippen LogP contribution in [0, 0.1) is 11.8 Å². The molecule has 0 radical (unpaired) electrons. The number of nitrogens with one attached hydrogen (secondary N) is 4. The maximum Gasteiger partial charge on any atom is 0.409 e. The fourth-order valence-corrected chi connectivity index (χ4v) is 4.62. The summed E-state index contributed by atoms with van der Waals surface area (Å²) in [6.07, 6.45) is -0.980. The standard InChI is InChI=1S/C34H49N5O9/c1-8-47-32(44)36-29(21(3)4)30(42)38-39(23(7)25-16-18-27(40)28(41)19-25)20-26(17-15-24-13-11-10-12-14-24)35-31(43)34(46,22(5)6)37-33(45)48-9-2/h10-14,16,18-19,21-22,26,29,40-41,46H,7-9,15,17,20H2,1-6H3,(H,35,43)(H,36,44)(H,37,45)(H,38,42)/t26-,29-,34+/m0/s1. The third-order valence-corrected chi connectivity index (χ3v) is 7.49. The summed E-state index contributed by atoms with van der Waals surface area (Å²) in [6, 6.07) is 11.6. The molecular formula is C34H49N5O9. The average Bonchev–Trinajstić information content (AvgIpc) is 3.03. The summed E-state index contributed by atoms with van der Waals surface area (Å²) in [5.41, 5.74) is 1.86. The smallest absolute Gasteiger partial charge is 0.409 e. The van der Waals surface area contributed by atoms with E-state index in [0.29, 0.717) is 18.4 Å². The highest BCUT2D eigenvalue weighted by Gasteiger charge is 2.42. The Bertz CT molecular complexity index is 1400. The Hall–Kier alpha value is -4.98. The predicted molar refractivity (Wildman–Crippen MR) is 179 cm³/mol. The van der Waals surface area contributed by atoms with E-state index in [4.69, 9.17) is 9.47 Å². The first kappa shape index (κ1) is 39.2. The average molecular weight is 672 g/mol. The molecule has 0 fully saturated rings. The molecule has 14 heteroatoms. The number of ether oxygens (including phenoxy) is 2. The summed E-state index contributed by atoms with van der Waals surface area (Å²) in [7, 11) is 0. The van der Waals surface area contributed by atoms with E-state index in [-0.39, 0.29) is 37.1 Å². The monoisotopic (exact) mass is 671 g/mol. The molecule has 0 saturated heterocycles. The van der Waals surface area contributed by atoms with Crippen molar-refractivity contribution in [3.8, 4) is 11.5 Å². The van der Waals surface area contributed by atoms with Gasteiger partial charge in [-0.1, -0.05) is 64.6 Å². The van der Waals surface area contributed by atoms with Gasteiger partial charge in [0.1, 0.15) is 6.04 Å². The van der Waals surface area contributed by atoms with Crippen molar-refractivity contribution in [2.75, 3.05) is 19.8 Å². The molecule has 48 heavy (non-hydrogen) atoms. The van der Waals surface area contributed by atoms with Crippen LogP contribution >= 0.6 is 0 Å². The van der Waals surface area contributed by atoms with Gasteiger partial charge in [0.2, 0.25) is 5.72 Å². The van der Waals surface area contributed by atoms with E-state index in [1.807, 2.05) is 30.3 Å². The van der Waals surface area contributed by atoms with Gasteiger partial charge in [0.05, 0.1) is 25.5 Å². The van der Waals surface area contributed by atoms with E-state index in [1.54, 1.807) is 41.5 Å². The number of hydrogen-bond acceptors (Lipinski definition) is 10. The minimum atomic E-state index is -2.35. The molecule has 0 heterocycles. The van der Waals surface area contributed by atoms with Gasteiger partial charge in [0.25, 0.3) is 11.8 Å². The van der Waals surface area contributed by atoms with Gasteiger partial charge in [-0.05, 0) is 56.4 Å². The summed E-state index contributed by atoms with van der Waals surface area (Å²) in [5, 5.41) is 40.4. The van der Waals surface area contributed by atoms with Crippen molar-refractivity contribution < 1.29 is 44.0 Å². The summed E-state index contributed by atoms with van der Waals surface area (Å²) in [6.45, 7) is 13.9. The Morgan fingerprint density at radius 3 is 2.08 bits per heavy atom. The summed E-state index contributed by atoms with van der Waals surface area (Å²) in [5.74, 6) is -3.47. The zero-order valence-electron chi connectivity index (χ0n) is 28.4. The summed E-state index contributed by atoms with van der Waals surface area (Å²) in [4.78, 5) is 51.9. The van der Waals surface area contributed by atoms with Crippen LogP contribution in [0.2, 0.25) is 0 Å². The topological polar surface area (TPSA) is 199 Å². The highest BCUT2D eigenvalue weighted by Crippen LogP contribution is 2.29. The van der Waals surface area contributed by atoms with Gasteiger partial charge in [-0.2, -0.15) is 0 Å². The molecule has 2 aromatic rings. The van der Waals surface area contributed by atoms with E-state index in [9.17, 15) is 34.5 Å².